The Kier molecular flexibility index (Phi) is 6.63. The lowest BCUT2D eigenvalue weighted by molar-refractivity contribution is -0.922. The van der Waals surface area contributed by atoms with E-state index in [1.807, 2.05) is 11.3 Å². The van der Waals surface area contributed by atoms with Gasteiger partial charge in [0.15, 0.2) is 5.82 Å². The molecule has 1 aliphatic heterocycles. The van der Waals surface area contributed by atoms with Gasteiger partial charge in [0, 0.05) is 16.8 Å². The molecule has 0 bridgehead atoms. The molecule has 0 aromatic carbocycles. The van der Waals surface area contributed by atoms with Crippen LogP contribution >= 0.6 is 11.3 Å². The number of ether oxygens (including phenoxy) is 1. The van der Waals surface area contributed by atoms with Crippen LogP contribution in [-0.2, 0) is 24.1 Å². The molecule has 6 nitrogen and oxygen atoms in total. The van der Waals surface area contributed by atoms with Crippen LogP contribution in [0.1, 0.15) is 43.5 Å². The maximum atomic E-state index is 5.53. The van der Waals surface area contributed by atoms with E-state index in [0.717, 1.165) is 69.9 Å². The highest BCUT2D eigenvalue weighted by atomic mass is 32.1. The molecule has 0 spiro atoms. The van der Waals surface area contributed by atoms with Crippen molar-refractivity contribution in [2.24, 2.45) is 11.3 Å². The molecule has 166 valence electrons. The van der Waals surface area contributed by atoms with Gasteiger partial charge in [0.05, 0.1) is 39.2 Å². The SMILES string of the molecule is C[C@H]1CCc2c(sc3nc(C[NH+]4CCOCC4)nc(NCC(C)(C)C[NH+](C)C)c23)C1. The fourth-order valence-corrected chi connectivity index (χ4v) is 6.40. The number of rotatable bonds is 7. The molecule has 3 heterocycles. The molecule has 2 aromatic heterocycles. The number of morpholine rings is 1. The number of nitrogens with one attached hydrogen (secondary N) is 3. The zero-order chi connectivity index (χ0) is 21.3. The van der Waals surface area contributed by atoms with Crippen LogP contribution in [0.2, 0.25) is 0 Å². The number of nitrogens with zero attached hydrogens (tertiary/aromatic N) is 2. The normalized spacial score (nSPS) is 20.7. The second kappa shape index (κ2) is 9.07. The zero-order valence-electron chi connectivity index (χ0n) is 19.4. The van der Waals surface area contributed by atoms with Gasteiger partial charge in [-0.15, -0.1) is 11.3 Å². The van der Waals surface area contributed by atoms with Crippen LogP contribution in [-0.4, -0.2) is 63.5 Å². The van der Waals surface area contributed by atoms with Gasteiger partial charge in [0.1, 0.15) is 30.3 Å². The highest BCUT2D eigenvalue weighted by Crippen LogP contribution is 2.40. The Morgan fingerprint density at radius 1 is 1.23 bits per heavy atom. The van der Waals surface area contributed by atoms with Gasteiger partial charge in [0.25, 0.3) is 0 Å². The topological polar surface area (TPSA) is 55.9 Å². The molecule has 1 aliphatic carbocycles. The van der Waals surface area contributed by atoms with Crippen molar-refractivity contribution in [1.29, 1.82) is 0 Å². The number of thiophene rings is 1. The lowest BCUT2D eigenvalue weighted by Gasteiger charge is -2.27. The molecule has 30 heavy (non-hydrogen) atoms. The first kappa shape index (κ1) is 21.9. The number of aromatic nitrogens is 2. The van der Waals surface area contributed by atoms with E-state index >= 15 is 0 Å². The van der Waals surface area contributed by atoms with Crippen LogP contribution in [0, 0.1) is 11.3 Å². The second-order valence-electron chi connectivity index (χ2n) is 10.5. The van der Waals surface area contributed by atoms with E-state index in [0.29, 0.717) is 0 Å². The van der Waals surface area contributed by atoms with Gasteiger partial charge < -0.3 is 19.9 Å². The molecule has 1 atom stereocenters. The minimum absolute atomic E-state index is 0.205. The summed E-state index contributed by atoms with van der Waals surface area (Å²) in [6.07, 6.45) is 3.62. The minimum Gasteiger partial charge on any atom is -0.370 e. The fourth-order valence-electron chi connectivity index (χ4n) is 5.00. The van der Waals surface area contributed by atoms with Crippen molar-refractivity contribution in [2.45, 2.75) is 46.6 Å². The van der Waals surface area contributed by atoms with Gasteiger partial charge in [-0.1, -0.05) is 20.8 Å². The van der Waals surface area contributed by atoms with Crippen molar-refractivity contribution < 1.29 is 14.5 Å². The molecule has 4 rings (SSSR count). The second-order valence-corrected chi connectivity index (χ2v) is 11.5. The standard InChI is InChI=1S/C23H37N5OS/c1-16-6-7-17-18(12-16)30-22-20(17)21(24-14-23(2,3)15-27(4)5)25-19(26-22)13-28-8-10-29-11-9-28/h16H,6-15H2,1-5H3,(H,24,25,26)/p+2/t16-/m0/s1. The predicted molar refractivity (Wildman–Crippen MR) is 124 cm³/mol. The van der Waals surface area contributed by atoms with E-state index < -0.39 is 0 Å². The van der Waals surface area contributed by atoms with Gasteiger partial charge in [-0.25, -0.2) is 9.97 Å². The van der Waals surface area contributed by atoms with E-state index in [2.05, 4.69) is 40.2 Å². The van der Waals surface area contributed by atoms with Gasteiger partial charge in [-0.3, -0.25) is 0 Å². The lowest BCUT2D eigenvalue weighted by atomic mass is 9.89. The Morgan fingerprint density at radius 3 is 2.73 bits per heavy atom. The molecule has 0 amide bonds. The van der Waals surface area contributed by atoms with Crippen LogP contribution < -0.4 is 15.1 Å². The van der Waals surface area contributed by atoms with Crippen LogP contribution in [0.5, 0.6) is 0 Å². The average molecular weight is 434 g/mol. The smallest absolute Gasteiger partial charge is 0.187 e. The van der Waals surface area contributed by atoms with Gasteiger partial charge in [0.2, 0.25) is 0 Å². The molecular weight excluding hydrogens is 394 g/mol. The predicted octanol–water partition coefficient (Wildman–Crippen LogP) is 0.814. The molecule has 0 unspecified atom stereocenters. The number of hydrogen-bond donors (Lipinski definition) is 3. The number of hydrogen-bond acceptors (Lipinski definition) is 5. The van der Waals surface area contributed by atoms with E-state index in [1.165, 1.54) is 43.3 Å². The molecule has 1 fully saturated rings. The van der Waals surface area contributed by atoms with Crippen LogP contribution in [0.15, 0.2) is 0 Å². The Labute approximate surface area is 185 Å². The molecule has 3 N–H and O–H groups in total. The van der Waals surface area contributed by atoms with E-state index in [9.17, 15) is 0 Å². The fraction of sp³-hybridized carbons (Fsp3) is 0.739. The Morgan fingerprint density at radius 2 is 2.00 bits per heavy atom. The number of aryl methyl sites for hydroxylation is 1. The summed E-state index contributed by atoms with van der Waals surface area (Å²) in [7, 11) is 4.45. The molecule has 2 aromatic rings. The Balaban J connectivity index is 1.65. The Bertz CT molecular complexity index is 872. The van der Waals surface area contributed by atoms with Crippen LogP contribution in [0.3, 0.4) is 0 Å². The molecule has 7 heteroatoms. The van der Waals surface area contributed by atoms with E-state index in [1.54, 1.807) is 0 Å². The lowest BCUT2D eigenvalue weighted by Crippen LogP contribution is -3.12. The van der Waals surface area contributed by atoms with Crippen molar-refractivity contribution >= 4 is 27.4 Å². The third-order valence-corrected chi connectivity index (χ3v) is 7.52. The summed E-state index contributed by atoms with van der Waals surface area (Å²) in [5.41, 5.74) is 1.72. The third kappa shape index (κ3) is 5.13. The molecule has 2 aliphatic rings. The highest BCUT2D eigenvalue weighted by Gasteiger charge is 2.27. The maximum absolute atomic E-state index is 5.53. The van der Waals surface area contributed by atoms with Crippen molar-refractivity contribution in [3.8, 4) is 0 Å². The van der Waals surface area contributed by atoms with E-state index in [-0.39, 0.29) is 5.41 Å². The average Bonchev–Trinajstić information content (AvgIpc) is 3.03. The van der Waals surface area contributed by atoms with Crippen LogP contribution in [0.4, 0.5) is 5.82 Å². The summed E-state index contributed by atoms with van der Waals surface area (Å²) in [4.78, 5) is 15.9. The molecule has 0 saturated carbocycles. The van der Waals surface area contributed by atoms with Crippen molar-refractivity contribution in [3.05, 3.63) is 16.3 Å². The first-order valence-corrected chi connectivity index (χ1v) is 12.4. The number of fused-ring (bicyclic) bond motifs is 3. The van der Waals surface area contributed by atoms with Crippen molar-refractivity contribution in [3.63, 3.8) is 0 Å². The minimum atomic E-state index is 0.205. The number of anilines is 1. The largest absolute Gasteiger partial charge is 0.370 e. The Hall–Kier alpha value is -1.28. The van der Waals surface area contributed by atoms with Crippen molar-refractivity contribution in [2.75, 3.05) is 58.8 Å². The highest BCUT2D eigenvalue weighted by molar-refractivity contribution is 7.19. The molecule has 0 radical (unpaired) electrons. The first-order valence-electron chi connectivity index (χ1n) is 11.6. The maximum Gasteiger partial charge on any atom is 0.187 e. The quantitative estimate of drug-likeness (QED) is 0.605. The summed E-state index contributed by atoms with van der Waals surface area (Å²) in [6.45, 7) is 13.8. The number of quaternary nitrogens is 2. The van der Waals surface area contributed by atoms with Gasteiger partial charge in [-0.2, -0.15) is 0 Å². The van der Waals surface area contributed by atoms with Gasteiger partial charge in [-0.05, 0) is 30.7 Å². The summed E-state index contributed by atoms with van der Waals surface area (Å²) in [6, 6.07) is 0. The zero-order valence-corrected chi connectivity index (χ0v) is 20.2. The first-order chi connectivity index (χ1) is 14.3. The summed E-state index contributed by atoms with van der Waals surface area (Å²) < 4.78 is 5.53. The summed E-state index contributed by atoms with van der Waals surface area (Å²) in [5, 5.41) is 5.07. The van der Waals surface area contributed by atoms with E-state index in [4.69, 9.17) is 14.7 Å². The van der Waals surface area contributed by atoms with Gasteiger partial charge >= 0.3 is 0 Å². The summed E-state index contributed by atoms with van der Waals surface area (Å²) >= 11 is 1.91. The third-order valence-electron chi connectivity index (χ3n) is 6.38. The van der Waals surface area contributed by atoms with Crippen molar-refractivity contribution in [1.82, 2.24) is 9.97 Å². The van der Waals surface area contributed by atoms with Crippen LogP contribution in [0.25, 0.3) is 10.2 Å². The molecule has 1 saturated heterocycles. The molecular formula is C23H39N5OS+2. The monoisotopic (exact) mass is 433 g/mol. The summed E-state index contributed by atoms with van der Waals surface area (Å²) in [5.74, 6) is 2.82.